The molecule has 2 aliphatic rings. The molecule has 0 radical (unpaired) electrons. The number of nitrogens with zero attached hydrogens (tertiary/aromatic N) is 3. The number of anilines is 2. The van der Waals surface area contributed by atoms with E-state index in [9.17, 15) is 9.59 Å². The third kappa shape index (κ3) is 8.25. The van der Waals surface area contributed by atoms with Crippen LogP contribution in [-0.2, 0) is 9.59 Å². The molecule has 2 N–H and O–H groups in total. The summed E-state index contributed by atoms with van der Waals surface area (Å²) >= 11 is 0. The fourth-order valence-electron chi connectivity index (χ4n) is 2.73. The summed E-state index contributed by atoms with van der Waals surface area (Å²) in [4.78, 5) is 31.9. The number of carbonyl (C=O) groups excluding carboxylic acids is 2. The second-order valence-corrected chi connectivity index (χ2v) is 5.84. The van der Waals surface area contributed by atoms with Crippen LogP contribution in [0.4, 0.5) is 11.5 Å². The van der Waals surface area contributed by atoms with Gasteiger partial charge in [0, 0.05) is 32.6 Å². The van der Waals surface area contributed by atoms with Crippen molar-refractivity contribution >= 4 is 23.3 Å². The molecule has 28 heavy (non-hydrogen) atoms. The first-order valence-corrected chi connectivity index (χ1v) is 10.6. The van der Waals surface area contributed by atoms with Gasteiger partial charge < -0.3 is 15.1 Å². The number of aromatic nitrogens is 1. The van der Waals surface area contributed by atoms with Crippen molar-refractivity contribution < 1.29 is 9.59 Å². The minimum Gasteiger partial charge on any atom is -0.372 e. The fourth-order valence-corrected chi connectivity index (χ4v) is 2.73. The topological polar surface area (TPSA) is 77.6 Å². The highest BCUT2D eigenvalue weighted by molar-refractivity contribution is 6.01. The lowest BCUT2D eigenvalue weighted by Gasteiger charge is -2.33. The van der Waals surface area contributed by atoms with Gasteiger partial charge in [0.05, 0.1) is 11.9 Å². The predicted octanol–water partition coefficient (Wildman–Crippen LogP) is 3.13. The van der Waals surface area contributed by atoms with Crippen LogP contribution in [0, 0.1) is 0 Å². The molecule has 2 fully saturated rings. The van der Waals surface area contributed by atoms with Crippen molar-refractivity contribution in [3.8, 4) is 0 Å². The molecule has 0 saturated carbocycles. The zero-order valence-corrected chi connectivity index (χ0v) is 18.7. The second-order valence-electron chi connectivity index (χ2n) is 5.84. The lowest BCUT2D eigenvalue weighted by atomic mass is 10.1. The summed E-state index contributed by atoms with van der Waals surface area (Å²) in [7, 11) is 2.12. The van der Waals surface area contributed by atoms with Gasteiger partial charge in [0.15, 0.2) is 0 Å². The lowest BCUT2D eigenvalue weighted by molar-refractivity contribution is -0.133. The number of pyridine rings is 1. The van der Waals surface area contributed by atoms with E-state index >= 15 is 0 Å². The van der Waals surface area contributed by atoms with E-state index in [0.29, 0.717) is 12.8 Å². The van der Waals surface area contributed by atoms with Crippen LogP contribution in [0.1, 0.15) is 54.4 Å². The number of imide groups is 1. The Bertz CT molecular complexity index is 554. The van der Waals surface area contributed by atoms with E-state index in [0.717, 1.165) is 37.7 Å². The molecule has 0 bridgehead atoms. The van der Waals surface area contributed by atoms with E-state index < -0.39 is 0 Å². The normalized spacial score (nSPS) is 19.0. The Labute approximate surface area is 170 Å². The lowest BCUT2D eigenvalue weighted by Crippen LogP contribution is -2.47. The number of nitrogens with one attached hydrogen (secondary N) is 2. The molecule has 0 aliphatic carbocycles. The Morgan fingerprint density at radius 3 is 2.11 bits per heavy atom. The Hall–Kier alpha value is -2.15. The van der Waals surface area contributed by atoms with Gasteiger partial charge in [0.1, 0.15) is 11.9 Å². The number of piperidine rings is 1. The highest BCUT2D eigenvalue weighted by atomic mass is 16.2. The maximum Gasteiger partial charge on any atom is 0.249 e. The summed E-state index contributed by atoms with van der Waals surface area (Å²) in [5.41, 5.74) is 0.798. The molecule has 3 heterocycles. The van der Waals surface area contributed by atoms with Crippen LogP contribution < -0.4 is 15.5 Å². The van der Waals surface area contributed by atoms with E-state index in [1.165, 1.54) is 0 Å². The number of piperazine rings is 1. The van der Waals surface area contributed by atoms with E-state index in [1.807, 2.05) is 53.7 Å². The molecular formula is C21H39N5O2. The van der Waals surface area contributed by atoms with E-state index in [2.05, 4.69) is 32.5 Å². The maximum absolute atomic E-state index is 11.7. The number of hydrogen-bond donors (Lipinski definition) is 2. The molecule has 7 heteroatoms. The maximum atomic E-state index is 11.7. The van der Waals surface area contributed by atoms with Crippen LogP contribution in [0.5, 0.6) is 0 Å². The van der Waals surface area contributed by atoms with Gasteiger partial charge in [-0.3, -0.25) is 14.9 Å². The quantitative estimate of drug-likeness (QED) is 0.768. The van der Waals surface area contributed by atoms with Gasteiger partial charge >= 0.3 is 0 Å². The molecule has 2 aliphatic heterocycles. The second kappa shape index (κ2) is 14.9. The average Bonchev–Trinajstić information content (AvgIpc) is 2.76. The van der Waals surface area contributed by atoms with Crippen molar-refractivity contribution in [2.45, 2.75) is 60.4 Å². The monoisotopic (exact) mass is 393 g/mol. The Morgan fingerprint density at radius 1 is 1.00 bits per heavy atom. The molecule has 1 aromatic heterocycles. The molecular weight excluding hydrogens is 354 g/mol. The molecule has 1 unspecified atom stereocenters. The van der Waals surface area contributed by atoms with Crippen LogP contribution >= 0.6 is 0 Å². The fraction of sp³-hybridized carbons (Fsp3) is 0.667. The van der Waals surface area contributed by atoms with Crippen molar-refractivity contribution in [2.24, 2.45) is 0 Å². The number of hydrogen-bond acceptors (Lipinski definition) is 6. The molecule has 2 amide bonds. The highest BCUT2D eigenvalue weighted by Crippen LogP contribution is 2.18. The van der Waals surface area contributed by atoms with Gasteiger partial charge in [-0.2, -0.15) is 0 Å². The third-order valence-electron chi connectivity index (χ3n) is 4.16. The molecule has 2 saturated heterocycles. The number of likely N-dealkylation sites (N-methyl/N-ethyl adjacent to an activating group) is 1. The smallest absolute Gasteiger partial charge is 0.249 e. The van der Waals surface area contributed by atoms with Crippen LogP contribution in [0.15, 0.2) is 18.3 Å². The molecule has 7 nitrogen and oxygen atoms in total. The first-order chi connectivity index (χ1) is 13.6. The van der Waals surface area contributed by atoms with Gasteiger partial charge in [-0.1, -0.05) is 41.5 Å². The Morgan fingerprint density at radius 2 is 1.61 bits per heavy atom. The van der Waals surface area contributed by atoms with E-state index in [1.54, 1.807) is 6.20 Å². The van der Waals surface area contributed by atoms with Crippen molar-refractivity contribution in [1.29, 1.82) is 0 Å². The summed E-state index contributed by atoms with van der Waals surface area (Å²) in [5, 5.41) is 5.48. The first kappa shape index (κ1) is 25.9. The number of amides is 2. The Balaban J connectivity index is 0.00000111. The SMILES string of the molecule is CC.CC.CC.CN1CCN(c2ccc(NC3CCC(=O)NC3=O)cn2)CC1. The van der Waals surface area contributed by atoms with Gasteiger partial charge in [-0.25, -0.2) is 4.98 Å². The molecule has 0 aromatic carbocycles. The first-order valence-electron chi connectivity index (χ1n) is 10.6. The minimum atomic E-state index is -0.367. The van der Waals surface area contributed by atoms with Crippen LogP contribution in [-0.4, -0.2) is 61.0 Å². The zero-order chi connectivity index (χ0) is 21.5. The van der Waals surface area contributed by atoms with E-state index in [4.69, 9.17) is 0 Å². The summed E-state index contributed by atoms with van der Waals surface area (Å²) in [6.45, 7) is 16.0. The predicted molar refractivity (Wildman–Crippen MR) is 118 cm³/mol. The third-order valence-corrected chi connectivity index (χ3v) is 4.16. The largest absolute Gasteiger partial charge is 0.372 e. The van der Waals surface area contributed by atoms with Gasteiger partial charge in [0.2, 0.25) is 11.8 Å². The van der Waals surface area contributed by atoms with Crippen molar-refractivity contribution in [1.82, 2.24) is 15.2 Å². The number of carbonyl (C=O) groups is 2. The van der Waals surface area contributed by atoms with Gasteiger partial charge in [0.25, 0.3) is 0 Å². The van der Waals surface area contributed by atoms with Crippen LogP contribution in [0.3, 0.4) is 0 Å². The van der Waals surface area contributed by atoms with Crippen LogP contribution in [0.25, 0.3) is 0 Å². The Kier molecular flexibility index (Phi) is 13.7. The zero-order valence-electron chi connectivity index (χ0n) is 18.7. The highest BCUT2D eigenvalue weighted by Gasteiger charge is 2.26. The number of rotatable bonds is 3. The van der Waals surface area contributed by atoms with Crippen molar-refractivity contribution in [3.63, 3.8) is 0 Å². The average molecular weight is 394 g/mol. The summed E-state index contributed by atoms with van der Waals surface area (Å²) < 4.78 is 0. The summed E-state index contributed by atoms with van der Waals surface area (Å²) in [6, 6.07) is 3.54. The van der Waals surface area contributed by atoms with Crippen molar-refractivity contribution in [2.75, 3.05) is 43.4 Å². The molecule has 1 aromatic rings. The van der Waals surface area contributed by atoms with Gasteiger partial charge in [-0.15, -0.1) is 0 Å². The van der Waals surface area contributed by atoms with E-state index in [-0.39, 0.29) is 17.9 Å². The molecule has 1 atom stereocenters. The molecule has 3 rings (SSSR count). The van der Waals surface area contributed by atoms with Gasteiger partial charge in [-0.05, 0) is 25.6 Å². The van der Waals surface area contributed by atoms with Crippen LogP contribution in [0.2, 0.25) is 0 Å². The molecule has 160 valence electrons. The summed E-state index contributed by atoms with van der Waals surface area (Å²) in [5.74, 6) is 0.493. The summed E-state index contributed by atoms with van der Waals surface area (Å²) in [6.07, 6.45) is 2.64. The molecule has 0 spiro atoms. The van der Waals surface area contributed by atoms with Crippen molar-refractivity contribution in [3.05, 3.63) is 18.3 Å². The minimum absolute atomic E-state index is 0.202. The standard InChI is InChI=1S/C15H21N5O2.3C2H6/c1-19-6-8-20(9-7-19)13-4-2-11(10-16-13)17-12-3-5-14(21)18-15(12)22;3*1-2/h2,4,10,12,17H,3,5-9H2,1H3,(H,18,21,22);3*1-2H3.